The number of amides is 3. The molecular weight excluding hydrogens is 322 g/mol. The molecule has 7 heteroatoms. The molecule has 1 fully saturated rings. The van der Waals surface area contributed by atoms with Crippen molar-refractivity contribution in [3.05, 3.63) is 23.2 Å². The number of urea groups is 1. The maximum absolute atomic E-state index is 12.4. The number of nitrogens with zero attached hydrogens (tertiary/aromatic N) is 1. The van der Waals surface area contributed by atoms with E-state index in [1.165, 1.54) is 6.92 Å². The van der Waals surface area contributed by atoms with Gasteiger partial charge in [0.15, 0.2) is 0 Å². The summed E-state index contributed by atoms with van der Waals surface area (Å²) in [5.41, 5.74) is 1.14. The van der Waals surface area contributed by atoms with E-state index in [1.54, 1.807) is 18.2 Å². The zero-order valence-electron chi connectivity index (χ0n) is 12.9. The minimum atomic E-state index is -0.165. The number of carbonyl (C=O) groups excluding carboxylic acids is 2. The molecule has 22 heavy (non-hydrogen) atoms. The van der Waals surface area contributed by atoms with Gasteiger partial charge in [0.2, 0.25) is 5.91 Å². The third-order valence-corrected chi connectivity index (χ3v) is 5.33. The lowest BCUT2D eigenvalue weighted by atomic mass is 10.2. The van der Waals surface area contributed by atoms with E-state index in [-0.39, 0.29) is 18.0 Å². The van der Waals surface area contributed by atoms with Gasteiger partial charge in [-0.15, -0.1) is 0 Å². The Morgan fingerprint density at radius 2 is 2.05 bits per heavy atom. The Labute approximate surface area is 139 Å². The van der Waals surface area contributed by atoms with Crippen molar-refractivity contribution in [2.75, 3.05) is 22.9 Å². The molecule has 0 unspecified atom stereocenters. The summed E-state index contributed by atoms with van der Waals surface area (Å²) >= 11 is 8.05. The molecule has 3 amide bonds. The zero-order valence-corrected chi connectivity index (χ0v) is 14.4. The molecule has 2 rings (SSSR count). The van der Waals surface area contributed by atoms with Crippen LogP contribution >= 0.6 is 23.4 Å². The predicted octanol–water partition coefficient (Wildman–Crippen LogP) is 3.66. The van der Waals surface area contributed by atoms with Gasteiger partial charge in [0, 0.05) is 36.2 Å². The molecule has 1 heterocycles. The van der Waals surface area contributed by atoms with Gasteiger partial charge in [0.25, 0.3) is 0 Å². The van der Waals surface area contributed by atoms with Crippen LogP contribution in [0.3, 0.4) is 0 Å². The molecule has 0 aromatic heterocycles. The number of thioether (sulfide) groups is 1. The van der Waals surface area contributed by atoms with Crippen LogP contribution in [0, 0.1) is 0 Å². The highest BCUT2D eigenvalue weighted by Gasteiger charge is 2.29. The first-order valence-corrected chi connectivity index (χ1v) is 8.57. The maximum Gasteiger partial charge on any atom is 0.322 e. The van der Waals surface area contributed by atoms with Crippen LogP contribution in [0.5, 0.6) is 0 Å². The Bertz CT molecular complexity index is 582. The molecule has 120 valence electrons. The predicted molar refractivity (Wildman–Crippen MR) is 92.9 cm³/mol. The fraction of sp³-hybridized carbons (Fsp3) is 0.467. The number of nitrogens with one attached hydrogen (secondary N) is 2. The second-order valence-corrected chi connectivity index (χ2v) is 7.21. The van der Waals surface area contributed by atoms with Crippen molar-refractivity contribution in [3.63, 3.8) is 0 Å². The lowest BCUT2D eigenvalue weighted by Crippen LogP contribution is -2.49. The molecule has 1 aromatic rings. The summed E-state index contributed by atoms with van der Waals surface area (Å²) in [6.07, 6.45) is 0. The Morgan fingerprint density at radius 1 is 1.32 bits per heavy atom. The van der Waals surface area contributed by atoms with Crippen molar-refractivity contribution >= 4 is 46.7 Å². The van der Waals surface area contributed by atoms with Crippen LogP contribution in [0.4, 0.5) is 16.2 Å². The second-order valence-electron chi connectivity index (χ2n) is 5.32. The zero-order chi connectivity index (χ0) is 16.3. The largest absolute Gasteiger partial charge is 0.326 e. The molecule has 1 aliphatic heterocycles. The third kappa shape index (κ3) is 4.08. The van der Waals surface area contributed by atoms with Crippen molar-refractivity contribution in [2.24, 2.45) is 0 Å². The van der Waals surface area contributed by atoms with E-state index >= 15 is 0 Å². The highest BCUT2D eigenvalue weighted by molar-refractivity contribution is 8.00. The van der Waals surface area contributed by atoms with Crippen LogP contribution in [-0.4, -0.2) is 40.4 Å². The Balaban J connectivity index is 2.06. The fourth-order valence-corrected chi connectivity index (χ4v) is 3.63. The summed E-state index contributed by atoms with van der Waals surface area (Å²) in [6.45, 7) is 6.34. The number of hydrogen-bond acceptors (Lipinski definition) is 3. The van der Waals surface area contributed by atoms with Crippen molar-refractivity contribution < 1.29 is 9.59 Å². The second kappa shape index (κ2) is 7.24. The molecule has 0 spiro atoms. The number of hydrogen-bond donors (Lipinski definition) is 2. The molecule has 2 atom stereocenters. The monoisotopic (exact) mass is 341 g/mol. The summed E-state index contributed by atoms with van der Waals surface area (Å²) in [7, 11) is 0. The number of halogens is 1. The topological polar surface area (TPSA) is 61.4 Å². The lowest BCUT2D eigenvalue weighted by molar-refractivity contribution is -0.114. The molecule has 0 saturated carbocycles. The number of carbonyl (C=O) groups is 2. The average molecular weight is 342 g/mol. The van der Waals surface area contributed by atoms with Crippen molar-refractivity contribution in [1.29, 1.82) is 0 Å². The minimum Gasteiger partial charge on any atom is -0.326 e. The van der Waals surface area contributed by atoms with E-state index in [9.17, 15) is 9.59 Å². The molecule has 1 saturated heterocycles. The van der Waals surface area contributed by atoms with Gasteiger partial charge in [-0.2, -0.15) is 11.8 Å². The normalized spacial score (nSPS) is 21.4. The van der Waals surface area contributed by atoms with Gasteiger partial charge in [-0.3, -0.25) is 4.79 Å². The van der Waals surface area contributed by atoms with E-state index in [2.05, 4.69) is 24.5 Å². The van der Waals surface area contributed by atoms with Crippen molar-refractivity contribution in [2.45, 2.75) is 32.1 Å². The number of anilines is 2. The Kier molecular flexibility index (Phi) is 5.58. The van der Waals surface area contributed by atoms with E-state index in [0.29, 0.717) is 21.6 Å². The van der Waals surface area contributed by atoms with Crippen LogP contribution in [0.1, 0.15) is 20.8 Å². The molecule has 0 bridgehead atoms. The summed E-state index contributed by atoms with van der Waals surface area (Å²) in [4.78, 5) is 25.3. The van der Waals surface area contributed by atoms with E-state index < -0.39 is 0 Å². The quantitative estimate of drug-likeness (QED) is 0.863. The van der Waals surface area contributed by atoms with E-state index in [4.69, 9.17) is 11.6 Å². The summed E-state index contributed by atoms with van der Waals surface area (Å²) in [6, 6.07) is 5.06. The minimum absolute atomic E-state index is 0.145. The standard InChI is InChI=1S/C15H20ClN3O2S/c1-9-10(2)22-7-6-19(9)15(21)18-14-5-4-12(8-13(14)16)17-11(3)20/h4-5,8-10H,6-7H2,1-3H3,(H,17,20)(H,18,21)/t9-,10+/m0/s1. The van der Waals surface area contributed by atoms with Crippen LogP contribution < -0.4 is 10.6 Å². The van der Waals surface area contributed by atoms with E-state index in [0.717, 1.165) is 12.3 Å². The van der Waals surface area contributed by atoms with Crippen molar-refractivity contribution in [1.82, 2.24) is 4.90 Å². The van der Waals surface area contributed by atoms with Gasteiger partial charge in [-0.1, -0.05) is 18.5 Å². The Hall–Kier alpha value is -1.40. The van der Waals surface area contributed by atoms with E-state index in [1.807, 2.05) is 16.7 Å². The first kappa shape index (κ1) is 17.0. The van der Waals surface area contributed by atoms with Crippen molar-refractivity contribution in [3.8, 4) is 0 Å². The number of benzene rings is 1. The van der Waals surface area contributed by atoms with Crippen LogP contribution in [0.15, 0.2) is 18.2 Å². The van der Waals surface area contributed by atoms with Gasteiger partial charge < -0.3 is 15.5 Å². The first-order chi connectivity index (χ1) is 10.4. The smallest absolute Gasteiger partial charge is 0.322 e. The van der Waals surface area contributed by atoms with Crippen LogP contribution in [-0.2, 0) is 4.79 Å². The molecule has 1 aliphatic rings. The highest BCUT2D eigenvalue weighted by atomic mass is 35.5. The molecule has 1 aromatic carbocycles. The van der Waals surface area contributed by atoms with Gasteiger partial charge in [-0.25, -0.2) is 4.79 Å². The van der Waals surface area contributed by atoms with Gasteiger partial charge in [0.1, 0.15) is 0 Å². The maximum atomic E-state index is 12.4. The van der Waals surface area contributed by atoms with Gasteiger partial charge in [0.05, 0.1) is 10.7 Å². The summed E-state index contributed by atoms with van der Waals surface area (Å²) in [5, 5.41) is 6.31. The third-order valence-electron chi connectivity index (χ3n) is 3.68. The first-order valence-electron chi connectivity index (χ1n) is 7.15. The summed E-state index contributed by atoms with van der Waals surface area (Å²) < 4.78 is 0. The average Bonchev–Trinajstić information content (AvgIpc) is 2.44. The number of rotatable bonds is 2. The SMILES string of the molecule is CC(=O)Nc1ccc(NC(=O)N2CCS[C@H](C)[C@@H]2C)c(Cl)c1. The Morgan fingerprint density at radius 3 is 2.68 bits per heavy atom. The molecule has 5 nitrogen and oxygen atoms in total. The molecular formula is C15H20ClN3O2S. The van der Waals surface area contributed by atoms with Crippen LogP contribution in [0.25, 0.3) is 0 Å². The highest BCUT2D eigenvalue weighted by Crippen LogP contribution is 2.28. The fourth-order valence-electron chi connectivity index (χ4n) is 2.30. The van der Waals surface area contributed by atoms with Gasteiger partial charge >= 0.3 is 6.03 Å². The van der Waals surface area contributed by atoms with Gasteiger partial charge in [-0.05, 0) is 25.1 Å². The summed E-state index contributed by atoms with van der Waals surface area (Å²) in [5.74, 6) is 0.773. The molecule has 0 aliphatic carbocycles. The van der Waals surface area contributed by atoms with Crippen LogP contribution in [0.2, 0.25) is 5.02 Å². The lowest BCUT2D eigenvalue weighted by Gasteiger charge is -2.37. The molecule has 2 N–H and O–H groups in total. The molecule has 0 radical (unpaired) electrons.